The number of aryl methyl sites for hydroxylation is 2. The fourth-order valence-electron chi connectivity index (χ4n) is 2.14. The van der Waals surface area contributed by atoms with Crippen molar-refractivity contribution < 1.29 is 9.90 Å². The molecular weight excluding hydrogens is 234 g/mol. The van der Waals surface area contributed by atoms with E-state index in [-0.39, 0.29) is 18.6 Å². The summed E-state index contributed by atoms with van der Waals surface area (Å²) < 4.78 is 0. The van der Waals surface area contributed by atoms with Crippen molar-refractivity contribution in [1.82, 2.24) is 5.32 Å². The Kier molecular flexibility index (Phi) is 4.18. The Hall–Kier alpha value is -0.870. The minimum atomic E-state index is -0.123. The van der Waals surface area contributed by atoms with Crippen LogP contribution in [0.4, 0.5) is 0 Å². The number of hydrogen-bond acceptors (Lipinski definition) is 3. The van der Waals surface area contributed by atoms with Gasteiger partial charge in [0, 0.05) is 4.88 Å². The maximum atomic E-state index is 12.0. The first-order valence-electron chi connectivity index (χ1n) is 6.28. The van der Waals surface area contributed by atoms with Crippen LogP contribution < -0.4 is 5.32 Å². The molecule has 94 valence electrons. The number of carbonyl (C=O) groups excluding carboxylic acids is 1. The topological polar surface area (TPSA) is 49.3 Å². The Balaban J connectivity index is 2.06. The zero-order valence-electron chi connectivity index (χ0n) is 10.2. The van der Waals surface area contributed by atoms with Gasteiger partial charge in [-0.1, -0.05) is 6.92 Å². The molecule has 1 amide bonds. The predicted octanol–water partition coefficient (Wildman–Crippen LogP) is 2.13. The van der Waals surface area contributed by atoms with Gasteiger partial charge in [0.2, 0.25) is 0 Å². The third kappa shape index (κ3) is 2.87. The van der Waals surface area contributed by atoms with E-state index in [0.717, 1.165) is 24.1 Å². The number of amides is 1. The van der Waals surface area contributed by atoms with Crippen LogP contribution >= 0.6 is 11.3 Å². The first-order chi connectivity index (χ1) is 8.24. The summed E-state index contributed by atoms with van der Waals surface area (Å²) in [5.74, 6) is -0.0368. The maximum absolute atomic E-state index is 12.0. The van der Waals surface area contributed by atoms with Crippen molar-refractivity contribution in [2.45, 2.75) is 45.1 Å². The Morgan fingerprint density at radius 2 is 2.29 bits per heavy atom. The molecule has 0 aromatic carbocycles. The van der Waals surface area contributed by atoms with E-state index < -0.39 is 0 Å². The van der Waals surface area contributed by atoms with Gasteiger partial charge in [-0.3, -0.25) is 4.79 Å². The Bertz CT molecular complexity index is 373. The number of hydrogen-bond donors (Lipinski definition) is 2. The maximum Gasteiger partial charge on any atom is 0.261 e. The summed E-state index contributed by atoms with van der Waals surface area (Å²) in [5.41, 5.74) is 1.35. The third-order valence-electron chi connectivity index (χ3n) is 3.27. The number of rotatable bonds is 4. The first kappa shape index (κ1) is 12.6. The van der Waals surface area contributed by atoms with Crippen molar-refractivity contribution in [3.63, 3.8) is 0 Å². The summed E-state index contributed by atoms with van der Waals surface area (Å²) in [5, 5.41) is 11.9. The highest BCUT2D eigenvalue weighted by molar-refractivity contribution is 7.14. The zero-order chi connectivity index (χ0) is 12.3. The van der Waals surface area contributed by atoms with Gasteiger partial charge in [0.25, 0.3) is 5.91 Å². The van der Waals surface area contributed by atoms with Crippen molar-refractivity contribution >= 4 is 17.2 Å². The Morgan fingerprint density at radius 1 is 1.53 bits per heavy atom. The number of thiophene rings is 1. The van der Waals surface area contributed by atoms with Crippen molar-refractivity contribution in [3.05, 3.63) is 21.4 Å². The fourth-order valence-corrected chi connectivity index (χ4v) is 3.29. The van der Waals surface area contributed by atoms with Crippen LogP contribution in [0.5, 0.6) is 0 Å². The normalized spacial score (nSPS) is 16.4. The molecule has 17 heavy (non-hydrogen) atoms. The van der Waals surface area contributed by atoms with Crippen LogP contribution in [0.25, 0.3) is 0 Å². The number of carbonyl (C=O) groups is 1. The van der Waals surface area contributed by atoms with E-state index in [4.69, 9.17) is 5.11 Å². The second-order valence-electron chi connectivity index (χ2n) is 4.53. The summed E-state index contributed by atoms with van der Waals surface area (Å²) in [6, 6.07) is 1.90. The van der Waals surface area contributed by atoms with Gasteiger partial charge < -0.3 is 10.4 Å². The van der Waals surface area contributed by atoms with Gasteiger partial charge >= 0.3 is 0 Å². The highest BCUT2D eigenvalue weighted by Gasteiger charge is 2.18. The van der Waals surface area contributed by atoms with E-state index in [0.29, 0.717) is 0 Å². The smallest absolute Gasteiger partial charge is 0.261 e. The van der Waals surface area contributed by atoms with Gasteiger partial charge in [0.1, 0.15) is 0 Å². The quantitative estimate of drug-likeness (QED) is 0.863. The molecule has 0 spiro atoms. The van der Waals surface area contributed by atoms with E-state index in [1.54, 1.807) is 11.3 Å². The molecule has 2 rings (SSSR count). The summed E-state index contributed by atoms with van der Waals surface area (Å²) in [6.45, 7) is 1.97. The Labute approximate surface area is 106 Å². The molecule has 3 nitrogen and oxygen atoms in total. The van der Waals surface area contributed by atoms with Crippen LogP contribution in [-0.4, -0.2) is 23.7 Å². The molecule has 0 unspecified atom stereocenters. The van der Waals surface area contributed by atoms with E-state index in [1.807, 2.05) is 13.0 Å². The average Bonchev–Trinajstić information content (AvgIpc) is 2.79. The second kappa shape index (κ2) is 5.65. The van der Waals surface area contributed by atoms with Gasteiger partial charge in [0.15, 0.2) is 0 Å². The van der Waals surface area contributed by atoms with Crippen molar-refractivity contribution in [2.75, 3.05) is 6.61 Å². The minimum Gasteiger partial charge on any atom is -0.394 e. The average molecular weight is 253 g/mol. The molecule has 1 heterocycles. The lowest BCUT2D eigenvalue weighted by molar-refractivity contribution is 0.0919. The van der Waals surface area contributed by atoms with Gasteiger partial charge in [-0.25, -0.2) is 0 Å². The number of aliphatic hydroxyl groups is 1. The fraction of sp³-hybridized carbons (Fsp3) is 0.615. The molecular formula is C13H19NO2S. The number of aliphatic hydroxyl groups excluding tert-OH is 1. The lowest BCUT2D eigenvalue weighted by Crippen LogP contribution is -2.36. The lowest BCUT2D eigenvalue weighted by Gasteiger charge is -2.12. The largest absolute Gasteiger partial charge is 0.394 e. The van der Waals surface area contributed by atoms with Gasteiger partial charge in [-0.05, 0) is 43.7 Å². The monoisotopic (exact) mass is 253 g/mol. The van der Waals surface area contributed by atoms with Crippen LogP contribution in [0, 0.1) is 0 Å². The summed E-state index contributed by atoms with van der Waals surface area (Å²) >= 11 is 1.61. The van der Waals surface area contributed by atoms with E-state index in [2.05, 4.69) is 5.32 Å². The summed E-state index contributed by atoms with van der Waals surface area (Å²) in [6.07, 6.45) is 5.45. The molecule has 2 N–H and O–H groups in total. The van der Waals surface area contributed by atoms with Crippen LogP contribution in [0.3, 0.4) is 0 Å². The summed E-state index contributed by atoms with van der Waals surface area (Å²) in [4.78, 5) is 14.1. The van der Waals surface area contributed by atoms with Gasteiger partial charge in [0.05, 0.1) is 17.5 Å². The number of nitrogens with one attached hydrogen (secondary N) is 1. The van der Waals surface area contributed by atoms with Crippen LogP contribution in [-0.2, 0) is 12.8 Å². The Morgan fingerprint density at radius 3 is 2.94 bits per heavy atom. The SMILES string of the molecule is CC[C@@H](CO)NC(=O)c1cc2c(s1)CCCC2. The summed E-state index contributed by atoms with van der Waals surface area (Å²) in [7, 11) is 0. The highest BCUT2D eigenvalue weighted by atomic mass is 32.1. The molecule has 1 aromatic heterocycles. The second-order valence-corrected chi connectivity index (χ2v) is 5.66. The van der Waals surface area contributed by atoms with Crippen molar-refractivity contribution in [2.24, 2.45) is 0 Å². The molecule has 1 atom stereocenters. The molecule has 0 saturated heterocycles. The van der Waals surface area contributed by atoms with E-state index in [1.165, 1.54) is 23.3 Å². The first-order valence-corrected chi connectivity index (χ1v) is 7.09. The van der Waals surface area contributed by atoms with E-state index in [9.17, 15) is 4.79 Å². The van der Waals surface area contributed by atoms with Gasteiger partial charge in [-0.15, -0.1) is 11.3 Å². The number of fused-ring (bicyclic) bond motifs is 1. The molecule has 0 radical (unpaired) electrons. The van der Waals surface area contributed by atoms with Crippen LogP contribution in [0.1, 0.15) is 46.3 Å². The minimum absolute atomic E-state index is 0.00727. The zero-order valence-corrected chi connectivity index (χ0v) is 11.0. The molecule has 1 aromatic rings. The molecule has 0 bridgehead atoms. The van der Waals surface area contributed by atoms with Crippen LogP contribution in [0.15, 0.2) is 6.07 Å². The molecule has 4 heteroatoms. The lowest BCUT2D eigenvalue weighted by atomic mass is 9.99. The van der Waals surface area contributed by atoms with E-state index >= 15 is 0 Å². The molecule has 0 aliphatic heterocycles. The molecule has 1 aliphatic carbocycles. The predicted molar refractivity (Wildman–Crippen MR) is 69.6 cm³/mol. The standard InChI is InChI=1S/C13H19NO2S/c1-2-10(8-15)14-13(16)12-7-9-5-3-4-6-11(9)17-12/h7,10,15H,2-6,8H2,1H3,(H,14,16)/t10-/m0/s1. The third-order valence-corrected chi connectivity index (χ3v) is 4.50. The van der Waals surface area contributed by atoms with Crippen molar-refractivity contribution in [1.29, 1.82) is 0 Å². The molecule has 1 aliphatic rings. The molecule has 0 fully saturated rings. The highest BCUT2D eigenvalue weighted by Crippen LogP contribution is 2.29. The molecule has 0 saturated carbocycles. The van der Waals surface area contributed by atoms with Gasteiger partial charge in [-0.2, -0.15) is 0 Å². The van der Waals surface area contributed by atoms with Crippen molar-refractivity contribution in [3.8, 4) is 0 Å². The van der Waals surface area contributed by atoms with Crippen LogP contribution in [0.2, 0.25) is 0 Å².